The van der Waals surface area contributed by atoms with E-state index in [2.05, 4.69) is 31.2 Å². The Morgan fingerprint density at radius 2 is 2.07 bits per heavy atom. The molecule has 2 aliphatic rings. The first-order chi connectivity index (χ1) is 13.7. The fourth-order valence-electron chi connectivity index (χ4n) is 4.35. The third-order valence-corrected chi connectivity index (χ3v) is 5.73. The zero-order chi connectivity index (χ0) is 19.1. The first-order valence-electron chi connectivity index (χ1n) is 9.52. The molecule has 144 valence electrons. The number of carbonyl (C=O) groups is 1. The molecular formula is C19H22N8O. The second kappa shape index (κ2) is 6.84. The largest absolute Gasteiger partial charge is 0.368 e. The summed E-state index contributed by atoms with van der Waals surface area (Å²) >= 11 is 0. The van der Waals surface area contributed by atoms with E-state index in [0.717, 1.165) is 36.3 Å². The predicted octanol–water partition coefficient (Wildman–Crippen LogP) is 0.702. The molecule has 0 bridgehead atoms. The van der Waals surface area contributed by atoms with Crippen molar-refractivity contribution in [1.82, 2.24) is 30.4 Å². The number of hydrogen-bond donors (Lipinski definition) is 4. The van der Waals surface area contributed by atoms with Crippen LogP contribution in [0.1, 0.15) is 19.3 Å². The van der Waals surface area contributed by atoms with Gasteiger partial charge >= 0.3 is 0 Å². The third kappa shape index (κ3) is 2.98. The molecule has 3 aromatic rings. The molecule has 1 amide bonds. The minimum absolute atomic E-state index is 0.172. The molecule has 4 atom stereocenters. The molecule has 2 fully saturated rings. The summed E-state index contributed by atoms with van der Waals surface area (Å²) < 4.78 is 1.72. The monoisotopic (exact) mass is 378 g/mol. The summed E-state index contributed by atoms with van der Waals surface area (Å²) in [6.07, 6.45) is 4.31. The van der Waals surface area contributed by atoms with Gasteiger partial charge in [0.1, 0.15) is 18.2 Å². The van der Waals surface area contributed by atoms with Gasteiger partial charge in [-0.05, 0) is 19.3 Å². The third-order valence-electron chi connectivity index (χ3n) is 5.73. The lowest BCUT2D eigenvalue weighted by Gasteiger charge is -2.33. The van der Waals surface area contributed by atoms with E-state index in [1.807, 2.05) is 36.4 Å². The van der Waals surface area contributed by atoms with Gasteiger partial charge in [-0.3, -0.25) is 10.2 Å². The molecular weight excluding hydrogens is 356 g/mol. The molecule has 9 heteroatoms. The van der Waals surface area contributed by atoms with Crippen LogP contribution in [0.3, 0.4) is 0 Å². The lowest BCUT2D eigenvalue weighted by Crippen LogP contribution is -2.44. The average molecular weight is 378 g/mol. The number of benzene rings is 1. The number of anilines is 1. The van der Waals surface area contributed by atoms with Crippen molar-refractivity contribution in [2.75, 3.05) is 5.32 Å². The second-order valence-electron chi connectivity index (χ2n) is 7.46. The van der Waals surface area contributed by atoms with Gasteiger partial charge in [0.05, 0.1) is 5.69 Å². The molecule has 9 nitrogen and oxygen atoms in total. The Hall–Kier alpha value is -3.04. The van der Waals surface area contributed by atoms with E-state index >= 15 is 0 Å². The van der Waals surface area contributed by atoms with E-state index in [4.69, 9.17) is 5.73 Å². The normalized spacial score (nSPS) is 26.9. The number of nitrogens with two attached hydrogens (primary N) is 1. The molecule has 2 aromatic heterocycles. The van der Waals surface area contributed by atoms with Crippen molar-refractivity contribution < 1.29 is 4.79 Å². The minimum Gasteiger partial charge on any atom is -0.368 e. The summed E-state index contributed by atoms with van der Waals surface area (Å²) in [6, 6.07) is 12.2. The lowest BCUT2D eigenvalue weighted by molar-refractivity contribution is -0.120. The molecule has 1 saturated heterocycles. The van der Waals surface area contributed by atoms with Crippen LogP contribution in [0, 0.1) is 5.92 Å². The van der Waals surface area contributed by atoms with Crippen molar-refractivity contribution in [3.8, 4) is 11.3 Å². The summed E-state index contributed by atoms with van der Waals surface area (Å²) in [5.41, 5.74) is 13.7. The Kier molecular flexibility index (Phi) is 4.18. The number of rotatable bonds is 4. The van der Waals surface area contributed by atoms with Gasteiger partial charge in [0.2, 0.25) is 5.91 Å². The maximum Gasteiger partial charge on any atom is 0.254 e. The predicted molar refractivity (Wildman–Crippen MR) is 104 cm³/mol. The number of aromatic nitrogens is 4. The number of primary amides is 1. The van der Waals surface area contributed by atoms with E-state index in [1.54, 1.807) is 4.52 Å². The number of hydrazine groups is 1. The summed E-state index contributed by atoms with van der Waals surface area (Å²) in [5, 5.41) is 7.92. The fourth-order valence-corrected chi connectivity index (χ4v) is 4.35. The molecule has 28 heavy (non-hydrogen) atoms. The van der Waals surface area contributed by atoms with Crippen molar-refractivity contribution in [3.05, 3.63) is 42.7 Å². The Morgan fingerprint density at radius 1 is 1.21 bits per heavy atom. The molecule has 3 heterocycles. The van der Waals surface area contributed by atoms with Crippen LogP contribution in [-0.4, -0.2) is 43.6 Å². The molecule has 1 aromatic carbocycles. The highest BCUT2D eigenvalue weighted by molar-refractivity contribution is 5.80. The number of nitrogens with zero attached hydrogens (tertiary/aromatic N) is 4. The van der Waals surface area contributed by atoms with E-state index in [1.165, 1.54) is 6.33 Å². The molecule has 1 aliphatic carbocycles. The van der Waals surface area contributed by atoms with Gasteiger partial charge in [-0.1, -0.05) is 30.3 Å². The van der Waals surface area contributed by atoms with Crippen molar-refractivity contribution in [1.29, 1.82) is 0 Å². The summed E-state index contributed by atoms with van der Waals surface area (Å²) in [4.78, 5) is 20.6. The quantitative estimate of drug-likeness (QED) is 0.527. The fraction of sp³-hybridized carbons (Fsp3) is 0.368. The number of nitrogens with one attached hydrogen (secondary N) is 3. The highest BCUT2D eigenvalue weighted by atomic mass is 16.1. The zero-order valence-electron chi connectivity index (χ0n) is 15.2. The molecule has 1 aliphatic heterocycles. The van der Waals surface area contributed by atoms with Gasteiger partial charge in [0.25, 0.3) is 5.78 Å². The molecule has 0 radical (unpaired) electrons. The summed E-state index contributed by atoms with van der Waals surface area (Å²) in [5.74, 6) is 1.26. The second-order valence-corrected chi connectivity index (χ2v) is 7.46. The maximum atomic E-state index is 11.7. The van der Waals surface area contributed by atoms with Gasteiger partial charge in [-0.25, -0.2) is 10.4 Å². The summed E-state index contributed by atoms with van der Waals surface area (Å²) in [6.45, 7) is 0. The van der Waals surface area contributed by atoms with Gasteiger partial charge in [-0.15, -0.1) is 0 Å². The first-order valence-corrected chi connectivity index (χ1v) is 9.52. The zero-order valence-corrected chi connectivity index (χ0v) is 15.2. The van der Waals surface area contributed by atoms with Crippen molar-refractivity contribution >= 4 is 17.5 Å². The van der Waals surface area contributed by atoms with Crippen LogP contribution in [0.4, 0.5) is 5.82 Å². The maximum absolute atomic E-state index is 11.7. The van der Waals surface area contributed by atoms with E-state index < -0.39 is 0 Å². The molecule has 0 spiro atoms. The van der Waals surface area contributed by atoms with Crippen LogP contribution in [0.15, 0.2) is 42.7 Å². The number of hydrogen-bond acceptors (Lipinski definition) is 7. The van der Waals surface area contributed by atoms with E-state index in [9.17, 15) is 4.79 Å². The minimum atomic E-state index is -0.335. The molecule has 5 N–H and O–H groups in total. The van der Waals surface area contributed by atoms with Crippen molar-refractivity contribution in [3.63, 3.8) is 0 Å². The van der Waals surface area contributed by atoms with Crippen molar-refractivity contribution in [2.45, 2.75) is 37.4 Å². The van der Waals surface area contributed by atoms with Crippen LogP contribution in [0.5, 0.6) is 0 Å². The Balaban J connectivity index is 1.43. The highest BCUT2D eigenvalue weighted by Gasteiger charge is 2.42. The number of carbonyl (C=O) groups excluding carboxylic acids is 1. The smallest absolute Gasteiger partial charge is 0.254 e. The standard InChI is InChI=1S/C19H22N8O/c20-18(28)17-13-8-12(6-7-14(13)25-26-17)23-16-9-15(11-4-2-1-3-5-11)24-19-21-10-22-27(16)19/h1-5,9-10,12-14,17,23,25-26H,6-8H2,(H2,20,28). The Bertz CT molecular complexity index is 1000. The SMILES string of the molecule is NC(=O)C1NNC2CCC(Nc3cc(-c4ccccc4)nc4ncnn34)CC21. The highest BCUT2D eigenvalue weighted by Crippen LogP contribution is 2.32. The van der Waals surface area contributed by atoms with Crippen molar-refractivity contribution in [2.24, 2.45) is 11.7 Å². The average Bonchev–Trinajstić information content (AvgIpc) is 3.35. The van der Waals surface area contributed by atoms with Crippen LogP contribution in [0.25, 0.3) is 17.0 Å². The number of fused-ring (bicyclic) bond motifs is 2. The van der Waals surface area contributed by atoms with Gasteiger partial charge < -0.3 is 11.1 Å². The van der Waals surface area contributed by atoms with Crippen LogP contribution < -0.4 is 21.9 Å². The van der Waals surface area contributed by atoms with Crippen LogP contribution in [0.2, 0.25) is 0 Å². The van der Waals surface area contributed by atoms with Gasteiger partial charge in [-0.2, -0.15) is 14.6 Å². The first kappa shape index (κ1) is 17.1. The topological polar surface area (TPSA) is 122 Å². The molecule has 1 saturated carbocycles. The van der Waals surface area contributed by atoms with E-state index in [-0.39, 0.29) is 30.0 Å². The molecule has 4 unspecified atom stereocenters. The Labute approximate surface area is 161 Å². The lowest BCUT2D eigenvalue weighted by atomic mass is 9.79. The van der Waals surface area contributed by atoms with E-state index in [0.29, 0.717) is 5.78 Å². The van der Waals surface area contributed by atoms with Crippen LogP contribution >= 0.6 is 0 Å². The van der Waals surface area contributed by atoms with Gasteiger partial charge in [0, 0.05) is 29.6 Å². The Morgan fingerprint density at radius 3 is 2.89 bits per heavy atom. The summed E-state index contributed by atoms with van der Waals surface area (Å²) in [7, 11) is 0. The van der Waals surface area contributed by atoms with Crippen LogP contribution in [-0.2, 0) is 4.79 Å². The number of amides is 1. The molecule has 5 rings (SSSR count). The van der Waals surface area contributed by atoms with Gasteiger partial charge in [0.15, 0.2) is 0 Å².